The van der Waals surface area contributed by atoms with E-state index in [9.17, 15) is 9.59 Å². The summed E-state index contributed by atoms with van der Waals surface area (Å²) in [5.74, 6) is -0.886. The first-order valence-electron chi connectivity index (χ1n) is 8.86. The number of thiocarbonyl (C=S) groups is 1. The molecule has 0 bridgehead atoms. The van der Waals surface area contributed by atoms with E-state index < -0.39 is 11.8 Å². The van der Waals surface area contributed by atoms with Crippen LogP contribution in [0.1, 0.15) is 5.56 Å². The maximum absolute atomic E-state index is 13.3. The van der Waals surface area contributed by atoms with E-state index in [-0.39, 0.29) is 10.7 Å². The van der Waals surface area contributed by atoms with Gasteiger partial charge in [-0.15, -0.1) is 0 Å². The van der Waals surface area contributed by atoms with Crippen molar-refractivity contribution < 1.29 is 9.59 Å². The highest BCUT2D eigenvalue weighted by molar-refractivity contribution is 9.10. The Morgan fingerprint density at radius 3 is 1.59 bits per heavy atom. The number of carbonyl (C=O) groups excluding carboxylic acids is 2. The molecule has 142 valence electrons. The number of hydrogen-bond acceptors (Lipinski definition) is 3. The number of carbonyl (C=O) groups is 2. The molecule has 29 heavy (non-hydrogen) atoms. The zero-order valence-electron chi connectivity index (χ0n) is 15.2. The van der Waals surface area contributed by atoms with Crippen molar-refractivity contribution in [1.82, 2.24) is 0 Å². The Kier molecular flexibility index (Phi) is 5.38. The molecule has 0 spiro atoms. The molecule has 3 aromatic carbocycles. The quantitative estimate of drug-likeness (QED) is 0.305. The predicted molar refractivity (Wildman–Crippen MR) is 123 cm³/mol. The van der Waals surface area contributed by atoms with Crippen molar-refractivity contribution in [2.75, 3.05) is 9.80 Å². The van der Waals surface area contributed by atoms with Gasteiger partial charge in [-0.2, -0.15) is 0 Å². The summed E-state index contributed by atoms with van der Waals surface area (Å²) in [7, 11) is 0. The first-order valence-corrected chi connectivity index (χ1v) is 10.1. The van der Waals surface area contributed by atoms with Gasteiger partial charge in [-0.05, 0) is 60.3 Å². The van der Waals surface area contributed by atoms with Crippen molar-refractivity contribution in [3.8, 4) is 0 Å². The smallest absolute Gasteiger partial charge is 0.268 e. The number of amides is 2. The fraction of sp³-hybridized carbons (Fsp3) is 0. The summed E-state index contributed by atoms with van der Waals surface area (Å²) < 4.78 is 0.916. The molecule has 6 heteroatoms. The third-order valence-corrected chi connectivity index (χ3v) is 5.35. The molecule has 2 amide bonds. The van der Waals surface area contributed by atoms with Gasteiger partial charge in [-0.1, -0.05) is 64.5 Å². The summed E-state index contributed by atoms with van der Waals surface area (Å²) in [5, 5.41) is 0.130. The summed E-state index contributed by atoms with van der Waals surface area (Å²) in [4.78, 5) is 29.4. The molecule has 1 aliphatic heterocycles. The molecule has 0 aliphatic carbocycles. The van der Waals surface area contributed by atoms with Gasteiger partial charge in [-0.25, -0.2) is 0 Å². The number of hydrogen-bond donors (Lipinski definition) is 0. The van der Waals surface area contributed by atoms with E-state index in [4.69, 9.17) is 12.2 Å². The van der Waals surface area contributed by atoms with Gasteiger partial charge in [-0.3, -0.25) is 19.4 Å². The maximum atomic E-state index is 13.3. The van der Waals surface area contributed by atoms with E-state index in [0.717, 1.165) is 10.0 Å². The highest BCUT2D eigenvalue weighted by atomic mass is 79.9. The summed E-state index contributed by atoms with van der Waals surface area (Å²) >= 11 is 8.97. The molecule has 0 N–H and O–H groups in total. The molecule has 1 heterocycles. The molecule has 1 fully saturated rings. The number of benzene rings is 3. The lowest BCUT2D eigenvalue weighted by Gasteiger charge is -2.36. The normalized spacial score (nSPS) is 14.4. The Balaban J connectivity index is 1.86. The van der Waals surface area contributed by atoms with Gasteiger partial charge in [0.05, 0.1) is 11.4 Å². The van der Waals surface area contributed by atoms with Gasteiger partial charge in [0.15, 0.2) is 5.11 Å². The van der Waals surface area contributed by atoms with Gasteiger partial charge in [0, 0.05) is 4.47 Å². The van der Waals surface area contributed by atoms with Crippen molar-refractivity contribution >= 4 is 62.5 Å². The molecule has 3 aromatic rings. The first kappa shape index (κ1) is 19.2. The molecule has 1 saturated heterocycles. The van der Waals surface area contributed by atoms with Crippen LogP contribution >= 0.6 is 28.1 Å². The van der Waals surface area contributed by atoms with Crippen LogP contribution in [0.3, 0.4) is 0 Å². The van der Waals surface area contributed by atoms with Gasteiger partial charge < -0.3 is 0 Å². The molecule has 0 aromatic heterocycles. The largest absolute Gasteiger partial charge is 0.270 e. The Labute approximate surface area is 182 Å². The van der Waals surface area contributed by atoms with Crippen LogP contribution in [-0.4, -0.2) is 16.9 Å². The van der Waals surface area contributed by atoms with Gasteiger partial charge in [0.2, 0.25) is 0 Å². The second kappa shape index (κ2) is 8.11. The minimum Gasteiger partial charge on any atom is -0.268 e. The third-order valence-electron chi connectivity index (χ3n) is 4.46. The molecule has 4 rings (SSSR count). The second-order valence-corrected chi connectivity index (χ2v) is 7.63. The zero-order chi connectivity index (χ0) is 20.4. The summed E-state index contributed by atoms with van der Waals surface area (Å²) in [6.07, 6.45) is 1.60. The maximum Gasteiger partial charge on any atom is 0.270 e. The molecule has 0 saturated carbocycles. The molecule has 0 radical (unpaired) electrons. The van der Waals surface area contributed by atoms with Crippen LogP contribution in [0, 0.1) is 0 Å². The number of para-hydroxylation sites is 2. The Morgan fingerprint density at radius 2 is 1.14 bits per heavy atom. The number of anilines is 2. The third kappa shape index (κ3) is 3.77. The molecule has 1 aliphatic rings. The summed E-state index contributed by atoms with van der Waals surface area (Å²) in [6, 6.07) is 25.6. The van der Waals surface area contributed by atoms with Gasteiger partial charge in [0.1, 0.15) is 5.57 Å². The minimum absolute atomic E-state index is 0.0497. The van der Waals surface area contributed by atoms with E-state index >= 15 is 0 Å². The fourth-order valence-electron chi connectivity index (χ4n) is 3.06. The van der Waals surface area contributed by atoms with Gasteiger partial charge in [0.25, 0.3) is 11.8 Å². The van der Waals surface area contributed by atoms with E-state index in [0.29, 0.717) is 11.4 Å². The van der Waals surface area contributed by atoms with Crippen molar-refractivity contribution in [2.24, 2.45) is 0 Å². The molecular formula is C23H15BrN2O2S. The number of nitrogens with zero attached hydrogens (tertiary/aromatic N) is 2. The lowest BCUT2D eigenvalue weighted by molar-refractivity contribution is -0.120. The fourth-order valence-corrected chi connectivity index (χ4v) is 3.71. The Hall–Kier alpha value is -3.09. The first-order chi connectivity index (χ1) is 14.1. The van der Waals surface area contributed by atoms with Crippen molar-refractivity contribution in [1.29, 1.82) is 0 Å². The second-order valence-electron chi connectivity index (χ2n) is 6.34. The lowest BCUT2D eigenvalue weighted by atomic mass is 10.1. The van der Waals surface area contributed by atoms with Crippen molar-refractivity contribution in [3.63, 3.8) is 0 Å². The van der Waals surface area contributed by atoms with E-state index in [2.05, 4.69) is 15.9 Å². The predicted octanol–water partition coefficient (Wildman–Crippen LogP) is 5.20. The monoisotopic (exact) mass is 462 g/mol. The highest BCUT2D eigenvalue weighted by Gasteiger charge is 2.41. The summed E-state index contributed by atoms with van der Waals surface area (Å²) in [6.45, 7) is 0. The van der Waals surface area contributed by atoms with Crippen molar-refractivity contribution in [2.45, 2.75) is 0 Å². The van der Waals surface area contributed by atoms with E-state index in [1.807, 2.05) is 60.7 Å². The Morgan fingerprint density at radius 1 is 0.690 bits per heavy atom. The molecule has 0 unspecified atom stereocenters. The number of halogens is 1. The van der Waals surface area contributed by atoms with Crippen LogP contribution in [0.5, 0.6) is 0 Å². The Bertz CT molecular complexity index is 1050. The zero-order valence-corrected chi connectivity index (χ0v) is 17.6. The van der Waals surface area contributed by atoms with Crippen LogP contribution in [0.4, 0.5) is 11.4 Å². The topological polar surface area (TPSA) is 40.6 Å². The average Bonchev–Trinajstić information content (AvgIpc) is 2.74. The molecule has 4 nitrogen and oxygen atoms in total. The summed E-state index contributed by atoms with van der Waals surface area (Å²) in [5.41, 5.74) is 2.02. The lowest BCUT2D eigenvalue weighted by Crippen LogP contribution is -2.56. The van der Waals surface area contributed by atoms with Crippen LogP contribution in [0.15, 0.2) is 95.0 Å². The van der Waals surface area contributed by atoms with Crippen molar-refractivity contribution in [3.05, 3.63) is 101 Å². The highest BCUT2D eigenvalue weighted by Crippen LogP contribution is 2.29. The average molecular weight is 463 g/mol. The van der Waals surface area contributed by atoms with Crippen LogP contribution in [0.2, 0.25) is 0 Å². The standard InChI is InChI=1S/C23H15BrN2O2S/c24-17-13-11-16(12-14-17)15-20-21(27)25(18-7-3-1-4-8-18)23(29)26(22(20)28)19-9-5-2-6-10-19/h1-15H. The van der Waals surface area contributed by atoms with Crippen LogP contribution in [-0.2, 0) is 9.59 Å². The molecule has 0 atom stereocenters. The molecular weight excluding hydrogens is 448 g/mol. The van der Waals surface area contributed by atoms with E-state index in [1.165, 1.54) is 9.80 Å². The van der Waals surface area contributed by atoms with Gasteiger partial charge >= 0.3 is 0 Å². The number of rotatable bonds is 3. The minimum atomic E-state index is -0.443. The van der Waals surface area contributed by atoms with E-state index in [1.54, 1.807) is 30.3 Å². The SMILES string of the molecule is O=C1C(=Cc2ccc(Br)cc2)C(=O)N(c2ccccc2)C(=S)N1c1ccccc1. The van der Waals surface area contributed by atoms with Crippen LogP contribution < -0.4 is 9.80 Å². The van der Waals surface area contributed by atoms with Crippen LogP contribution in [0.25, 0.3) is 6.08 Å².